The lowest BCUT2D eigenvalue weighted by atomic mass is 10.1. The fraction of sp³-hybridized carbons (Fsp3) is 0.625. The molecule has 0 N–H and O–H groups in total. The van der Waals surface area contributed by atoms with Gasteiger partial charge >= 0.3 is 0 Å². The molecule has 0 aromatic carbocycles. The average molecular weight is 252 g/mol. The Morgan fingerprint density at radius 3 is 2.77 bits per heavy atom. The van der Waals surface area contributed by atoms with Gasteiger partial charge in [0.25, 0.3) is 11.8 Å². The molecule has 1 rings (SSSR count). The van der Waals surface area contributed by atoms with E-state index in [4.69, 9.17) is 0 Å². The summed E-state index contributed by atoms with van der Waals surface area (Å²) in [5.41, 5.74) is 0. The van der Waals surface area contributed by atoms with Gasteiger partial charge in [-0.25, -0.2) is 8.78 Å². The van der Waals surface area contributed by atoms with Crippen LogP contribution < -0.4 is 0 Å². The van der Waals surface area contributed by atoms with Crippen LogP contribution in [0.2, 0.25) is 0 Å². The number of amides is 1. The highest BCUT2D eigenvalue weighted by molar-refractivity contribution is 9.12. The number of halogens is 3. The van der Waals surface area contributed by atoms with E-state index in [1.165, 1.54) is 0 Å². The minimum Gasteiger partial charge on any atom is -0.326 e. The second-order valence-corrected chi connectivity index (χ2v) is 3.30. The molecule has 5 heteroatoms. The van der Waals surface area contributed by atoms with Crippen molar-refractivity contribution in [2.45, 2.75) is 18.8 Å². The molecular formula is C8H8BrF2NO. The molecule has 0 atom stereocenters. The van der Waals surface area contributed by atoms with Gasteiger partial charge in [-0.1, -0.05) is 0 Å². The third kappa shape index (κ3) is 2.96. The van der Waals surface area contributed by atoms with E-state index in [0.717, 1.165) is 4.90 Å². The highest BCUT2D eigenvalue weighted by Crippen LogP contribution is 2.26. The third-order valence-electron chi connectivity index (χ3n) is 1.83. The van der Waals surface area contributed by atoms with Crippen molar-refractivity contribution in [1.82, 2.24) is 4.90 Å². The monoisotopic (exact) mass is 251 g/mol. The van der Waals surface area contributed by atoms with E-state index >= 15 is 0 Å². The van der Waals surface area contributed by atoms with Crippen molar-refractivity contribution >= 4 is 21.8 Å². The first-order valence-corrected chi connectivity index (χ1v) is 4.63. The molecule has 0 aromatic heterocycles. The minimum atomic E-state index is -2.75. The number of piperidine rings is 1. The fourth-order valence-corrected chi connectivity index (χ4v) is 1.43. The Kier molecular flexibility index (Phi) is 3.26. The van der Waals surface area contributed by atoms with E-state index < -0.39 is 18.4 Å². The van der Waals surface area contributed by atoms with E-state index in [-0.39, 0.29) is 6.42 Å². The molecule has 0 saturated carbocycles. The molecule has 0 bridgehead atoms. The molecular weight excluding hydrogens is 244 g/mol. The number of carbonyl (C=O) groups is 1. The molecule has 1 aliphatic rings. The van der Waals surface area contributed by atoms with Crippen molar-refractivity contribution in [1.29, 1.82) is 0 Å². The van der Waals surface area contributed by atoms with Gasteiger partial charge in [-0.3, -0.25) is 4.79 Å². The van der Waals surface area contributed by atoms with Crippen LogP contribution in [0.15, 0.2) is 0 Å². The van der Waals surface area contributed by atoms with Crippen LogP contribution >= 0.6 is 15.9 Å². The van der Waals surface area contributed by atoms with E-state index in [0.29, 0.717) is 13.0 Å². The number of hydrogen-bond donors (Lipinski definition) is 0. The molecule has 2 nitrogen and oxygen atoms in total. The zero-order valence-electron chi connectivity index (χ0n) is 6.82. The lowest BCUT2D eigenvalue weighted by molar-refractivity contribution is -0.135. The maximum atomic E-state index is 12.8. The predicted octanol–water partition coefficient (Wildman–Crippen LogP) is 1.60. The van der Waals surface area contributed by atoms with Crippen LogP contribution in [0.3, 0.4) is 0 Å². The molecule has 1 amide bonds. The summed E-state index contributed by atoms with van der Waals surface area (Å²) in [6.45, 7) is -0.135. The number of rotatable bonds is 0. The van der Waals surface area contributed by atoms with Crippen LogP contribution in [0.4, 0.5) is 8.78 Å². The lowest BCUT2D eigenvalue weighted by Crippen LogP contribution is -2.45. The van der Waals surface area contributed by atoms with Crippen LogP contribution in [0.25, 0.3) is 0 Å². The number of nitrogens with zero attached hydrogens (tertiary/aromatic N) is 1. The first-order chi connectivity index (χ1) is 6.05. The Morgan fingerprint density at radius 2 is 2.23 bits per heavy atom. The molecule has 1 saturated heterocycles. The summed E-state index contributed by atoms with van der Waals surface area (Å²) in [4.78, 5) is 14.4. The summed E-state index contributed by atoms with van der Waals surface area (Å²) in [5, 5.41) is 0. The van der Waals surface area contributed by atoms with Crippen LogP contribution in [-0.2, 0) is 4.79 Å². The quantitative estimate of drug-likeness (QED) is 0.599. The van der Waals surface area contributed by atoms with Gasteiger partial charge in [-0.05, 0) is 11.3 Å². The van der Waals surface area contributed by atoms with Crippen LogP contribution in [0.1, 0.15) is 12.8 Å². The zero-order chi connectivity index (χ0) is 9.90. The van der Waals surface area contributed by atoms with E-state index in [1.54, 1.807) is 0 Å². The largest absolute Gasteiger partial charge is 0.326 e. The molecule has 0 unspecified atom stereocenters. The second kappa shape index (κ2) is 4.05. The molecule has 72 valence electrons. The number of likely N-dealkylation sites (tertiary alicyclic amines) is 1. The van der Waals surface area contributed by atoms with Gasteiger partial charge in [0, 0.05) is 34.8 Å². The van der Waals surface area contributed by atoms with Gasteiger partial charge in [-0.2, -0.15) is 0 Å². The highest BCUT2D eigenvalue weighted by atomic mass is 79.9. The Balaban J connectivity index is 2.60. The summed E-state index contributed by atoms with van der Waals surface area (Å²) in [7, 11) is 0. The Morgan fingerprint density at radius 1 is 1.54 bits per heavy atom. The maximum Gasteiger partial charge on any atom is 0.299 e. The third-order valence-corrected chi connectivity index (χ3v) is 2.03. The molecule has 0 aromatic rings. The summed E-state index contributed by atoms with van der Waals surface area (Å²) in [6, 6.07) is 0. The highest BCUT2D eigenvalue weighted by Gasteiger charge is 2.36. The summed E-state index contributed by atoms with van der Waals surface area (Å²) in [6.07, 6.45) is 0.196. The van der Waals surface area contributed by atoms with Crippen LogP contribution in [0.5, 0.6) is 0 Å². The van der Waals surface area contributed by atoms with Crippen LogP contribution in [-0.4, -0.2) is 29.8 Å². The van der Waals surface area contributed by atoms with Crippen molar-refractivity contribution < 1.29 is 13.6 Å². The van der Waals surface area contributed by atoms with Gasteiger partial charge in [0.15, 0.2) is 0 Å². The number of carbonyl (C=O) groups excluding carboxylic acids is 1. The maximum absolute atomic E-state index is 12.8. The molecule has 0 spiro atoms. The average Bonchev–Trinajstić information content (AvgIpc) is 2.03. The molecule has 13 heavy (non-hydrogen) atoms. The van der Waals surface area contributed by atoms with Crippen molar-refractivity contribution in [3.63, 3.8) is 0 Å². The molecule has 1 heterocycles. The van der Waals surface area contributed by atoms with Crippen molar-refractivity contribution in [2.24, 2.45) is 0 Å². The topological polar surface area (TPSA) is 20.3 Å². The predicted molar refractivity (Wildman–Crippen MR) is 47.5 cm³/mol. The fourth-order valence-electron chi connectivity index (χ4n) is 1.26. The van der Waals surface area contributed by atoms with Gasteiger partial charge in [0.1, 0.15) is 0 Å². The Labute approximate surface area is 83.4 Å². The summed E-state index contributed by atoms with van der Waals surface area (Å²) in [5.74, 6) is -1.12. The van der Waals surface area contributed by atoms with E-state index in [2.05, 4.69) is 26.7 Å². The Bertz CT molecular complexity index is 269. The molecule has 0 radical (unpaired) electrons. The van der Waals surface area contributed by atoms with E-state index in [9.17, 15) is 13.6 Å². The van der Waals surface area contributed by atoms with Gasteiger partial charge in [0.05, 0.1) is 6.54 Å². The summed E-state index contributed by atoms with van der Waals surface area (Å²) >= 11 is 2.75. The number of hydrogen-bond acceptors (Lipinski definition) is 1. The Hall–Kier alpha value is -0.630. The number of alkyl halides is 2. The first-order valence-electron chi connectivity index (χ1n) is 3.83. The second-order valence-electron chi connectivity index (χ2n) is 2.91. The lowest BCUT2D eigenvalue weighted by Gasteiger charge is -2.30. The van der Waals surface area contributed by atoms with Crippen molar-refractivity contribution in [3.8, 4) is 10.8 Å². The SMILES string of the molecule is O=C(C#CBr)N1CCCC(F)(F)C1. The first kappa shape index (κ1) is 10.5. The zero-order valence-corrected chi connectivity index (χ0v) is 8.40. The normalized spacial score (nSPS) is 20.4. The minimum absolute atomic E-state index is 0.140. The van der Waals surface area contributed by atoms with Gasteiger partial charge in [0.2, 0.25) is 0 Å². The van der Waals surface area contributed by atoms with Crippen LogP contribution in [0, 0.1) is 10.8 Å². The van der Waals surface area contributed by atoms with Crippen molar-refractivity contribution in [2.75, 3.05) is 13.1 Å². The molecule has 1 aliphatic heterocycles. The standard InChI is InChI=1S/C8H8BrF2NO/c9-4-2-7(13)12-5-1-3-8(10,11)6-12/h1,3,5-6H2. The van der Waals surface area contributed by atoms with Crippen molar-refractivity contribution in [3.05, 3.63) is 0 Å². The summed E-state index contributed by atoms with van der Waals surface area (Å²) < 4.78 is 25.6. The van der Waals surface area contributed by atoms with Gasteiger partial charge in [-0.15, -0.1) is 0 Å². The molecule has 0 aliphatic carbocycles. The smallest absolute Gasteiger partial charge is 0.299 e. The molecule has 1 fully saturated rings. The van der Waals surface area contributed by atoms with Gasteiger partial charge < -0.3 is 4.90 Å². The van der Waals surface area contributed by atoms with E-state index in [1.807, 2.05) is 0 Å².